The standard InChI is InChI=1S/C17H17BrClF/c1-3-11(2)12-4-6-13(7-5-12)17(19)15-9-8-14(18)10-16(15)20/h4-11,17H,3H2,1-2H3. The smallest absolute Gasteiger partial charge is 0.129 e. The van der Waals surface area contributed by atoms with E-state index in [-0.39, 0.29) is 5.82 Å². The van der Waals surface area contributed by atoms with Crippen LogP contribution in [0, 0.1) is 5.82 Å². The zero-order valence-corrected chi connectivity index (χ0v) is 13.9. The summed E-state index contributed by atoms with van der Waals surface area (Å²) in [6, 6.07) is 13.1. The predicted molar refractivity (Wildman–Crippen MR) is 86.9 cm³/mol. The van der Waals surface area contributed by atoms with Crippen molar-refractivity contribution in [2.45, 2.75) is 31.6 Å². The highest BCUT2D eigenvalue weighted by atomic mass is 79.9. The van der Waals surface area contributed by atoms with Crippen molar-refractivity contribution in [2.75, 3.05) is 0 Å². The van der Waals surface area contributed by atoms with Gasteiger partial charge in [0.15, 0.2) is 0 Å². The molecule has 0 saturated carbocycles. The van der Waals surface area contributed by atoms with Crippen molar-refractivity contribution >= 4 is 27.5 Å². The highest BCUT2D eigenvalue weighted by molar-refractivity contribution is 9.10. The van der Waals surface area contributed by atoms with Crippen LogP contribution in [0.5, 0.6) is 0 Å². The number of hydrogen-bond donors (Lipinski definition) is 0. The predicted octanol–water partition coefficient (Wildman–Crippen LogP) is 6.43. The Bertz CT molecular complexity index is 580. The van der Waals surface area contributed by atoms with Gasteiger partial charge in [0, 0.05) is 10.0 Å². The first kappa shape index (κ1) is 15.5. The van der Waals surface area contributed by atoms with Gasteiger partial charge in [0.25, 0.3) is 0 Å². The maximum Gasteiger partial charge on any atom is 0.129 e. The summed E-state index contributed by atoms with van der Waals surface area (Å²) in [7, 11) is 0. The molecule has 0 saturated heterocycles. The van der Waals surface area contributed by atoms with Crippen molar-refractivity contribution in [1.29, 1.82) is 0 Å². The van der Waals surface area contributed by atoms with Gasteiger partial charge in [-0.05, 0) is 35.6 Å². The van der Waals surface area contributed by atoms with Crippen LogP contribution >= 0.6 is 27.5 Å². The summed E-state index contributed by atoms with van der Waals surface area (Å²) in [4.78, 5) is 0. The Kier molecular flexibility index (Phi) is 5.22. The first-order chi connectivity index (χ1) is 9.52. The normalized spacial score (nSPS) is 14.1. The summed E-state index contributed by atoms with van der Waals surface area (Å²) in [5.41, 5.74) is 2.71. The van der Waals surface area contributed by atoms with Gasteiger partial charge in [0.1, 0.15) is 5.82 Å². The molecule has 0 N–H and O–H groups in total. The minimum Gasteiger partial charge on any atom is -0.207 e. The van der Waals surface area contributed by atoms with E-state index in [0.29, 0.717) is 11.5 Å². The molecular weight excluding hydrogens is 339 g/mol. The molecule has 2 atom stereocenters. The van der Waals surface area contributed by atoms with E-state index in [2.05, 4.69) is 41.9 Å². The zero-order chi connectivity index (χ0) is 14.7. The van der Waals surface area contributed by atoms with Crippen LogP contribution in [-0.4, -0.2) is 0 Å². The summed E-state index contributed by atoms with van der Waals surface area (Å²) in [6.45, 7) is 4.36. The van der Waals surface area contributed by atoms with E-state index < -0.39 is 5.38 Å². The lowest BCUT2D eigenvalue weighted by Gasteiger charge is -2.14. The molecule has 0 amide bonds. The molecule has 0 fully saturated rings. The van der Waals surface area contributed by atoms with Crippen LogP contribution < -0.4 is 0 Å². The maximum atomic E-state index is 13.9. The van der Waals surface area contributed by atoms with Crippen LogP contribution in [0.4, 0.5) is 4.39 Å². The molecule has 0 heterocycles. The van der Waals surface area contributed by atoms with E-state index in [1.54, 1.807) is 12.1 Å². The van der Waals surface area contributed by atoms with Crippen molar-refractivity contribution in [1.82, 2.24) is 0 Å². The molecule has 0 aliphatic heterocycles. The lowest BCUT2D eigenvalue weighted by Crippen LogP contribution is -1.98. The number of rotatable bonds is 4. The Hall–Kier alpha value is -0.860. The quantitative estimate of drug-likeness (QED) is 0.554. The molecule has 0 aliphatic rings. The molecule has 2 rings (SSSR count). The second kappa shape index (κ2) is 6.73. The number of hydrogen-bond acceptors (Lipinski definition) is 0. The molecular formula is C17H17BrClF. The average molecular weight is 356 g/mol. The Balaban J connectivity index is 2.26. The maximum absolute atomic E-state index is 13.9. The highest BCUT2D eigenvalue weighted by Gasteiger charge is 2.15. The molecule has 106 valence electrons. The second-order valence-corrected chi connectivity index (χ2v) is 6.36. The van der Waals surface area contributed by atoms with Crippen LogP contribution in [0.3, 0.4) is 0 Å². The fraction of sp³-hybridized carbons (Fsp3) is 0.294. The Morgan fingerprint density at radius 1 is 1.10 bits per heavy atom. The van der Waals surface area contributed by atoms with Crippen molar-refractivity contribution < 1.29 is 4.39 Å². The third-order valence-electron chi connectivity index (χ3n) is 3.65. The lowest BCUT2D eigenvalue weighted by molar-refractivity contribution is 0.611. The molecule has 0 bridgehead atoms. The largest absolute Gasteiger partial charge is 0.207 e. The van der Waals surface area contributed by atoms with Crippen LogP contribution in [0.15, 0.2) is 46.9 Å². The Morgan fingerprint density at radius 3 is 2.25 bits per heavy atom. The summed E-state index contributed by atoms with van der Waals surface area (Å²) >= 11 is 9.65. The SMILES string of the molecule is CCC(C)c1ccc(C(Cl)c2ccc(Br)cc2F)cc1. The summed E-state index contributed by atoms with van der Waals surface area (Å²) in [6.07, 6.45) is 1.10. The van der Waals surface area contributed by atoms with Gasteiger partial charge >= 0.3 is 0 Å². The fourth-order valence-corrected chi connectivity index (χ4v) is 2.77. The second-order valence-electron chi connectivity index (χ2n) is 5.00. The van der Waals surface area contributed by atoms with Crippen LogP contribution in [0.2, 0.25) is 0 Å². The van der Waals surface area contributed by atoms with E-state index in [1.165, 1.54) is 11.6 Å². The van der Waals surface area contributed by atoms with Gasteiger partial charge in [-0.15, -0.1) is 11.6 Å². The van der Waals surface area contributed by atoms with Gasteiger partial charge < -0.3 is 0 Å². The summed E-state index contributed by atoms with van der Waals surface area (Å²) in [5, 5.41) is -0.464. The average Bonchev–Trinajstić information content (AvgIpc) is 2.46. The van der Waals surface area contributed by atoms with Gasteiger partial charge in [-0.25, -0.2) is 4.39 Å². The fourth-order valence-electron chi connectivity index (χ4n) is 2.12. The minimum atomic E-state index is -0.464. The van der Waals surface area contributed by atoms with Gasteiger partial charge in [-0.2, -0.15) is 0 Å². The van der Waals surface area contributed by atoms with Gasteiger partial charge in [0.2, 0.25) is 0 Å². The van der Waals surface area contributed by atoms with E-state index in [0.717, 1.165) is 16.5 Å². The molecule has 0 aromatic heterocycles. The Labute approximate surface area is 133 Å². The highest BCUT2D eigenvalue weighted by Crippen LogP contribution is 2.32. The summed E-state index contributed by atoms with van der Waals surface area (Å²) < 4.78 is 14.7. The van der Waals surface area contributed by atoms with E-state index in [1.807, 2.05) is 12.1 Å². The van der Waals surface area contributed by atoms with Gasteiger partial charge in [-0.3, -0.25) is 0 Å². The number of alkyl halides is 1. The number of halogens is 3. The first-order valence-electron chi connectivity index (χ1n) is 6.71. The molecule has 3 heteroatoms. The monoisotopic (exact) mass is 354 g/mol. The molecule has 0 spiro atoms. The number of benzene rings is 2. The summed E-state index contributed by atoms with van der Waals surface area (Å²) in [5.74, 6) is 0.243. The van der Waals surface area contributed by atoms with Crippen LogP contribution in [-0.2, 0) is 0 Å². The van der Waals surface area contributed by atoms with E-state index in [9.17, 15) is 4.39 Å². The first-order valence-corrected chi connectivity index (χ1v) is 7.94. The molecule has 20 heavy (non-hydrogen) atoms. The van der Waals surface area contributed by atoms with Crippen molar-refractivity contribution in [3.8, 4) is 0 Å². The third-order valence-corrected chi connectivity index (χ3v) is 4.63. The van der Waals surface area contributed by atoms with Crippen molar-refractivity contribution in [3.05, 3.63) is 69.4 Å². The van der Waals surface area contributed by atoms with Crippen LogP contribution in [0.1, 0.15) is 48.3 Å². The molecule has 2 aromatic carbocycles. The lowest BCUT2D eigenvalue weighted by atomic mass is 9.96. The molecule has 2 unspecified atom stereocenters. The van der Waals surface area contributed by atoms with Crippen molar-refractivity contribution in [2.24, 2.45) is 0 Å². The molecule has 0 aliphatic carbocycles. The molecule has 2 aromatic rings. The topological polar surface area (TPSA) is 0 Å². The van der Waals surface area contributed by atoms with Gasteiger partial charge in [-0.1, -0.05) is 60.1 Å². The molecule has 0 radical (unpaired) electrons. The zero-order valence-electron chi connectivity index (χ0n) is 11.5. The third kappa shape index (κ3) is 3.42. The Morgan fingerprint density at radius 2 is 1.70 bits per heavy atom. The molecule has 0 nitrogen and oxygen atoms in total. The minimum absolute atomic E-state index is 0.287. The van der Waals surface area contributed by atoms with Crippen molar-refractivity contribution in [3.63, 3.8) is 0 Å². The van der Waals surface area contributed by atoms with E-state index in [4.69, 9.17) is 11.6 Å². The van der Waals surface area contributed by atoms with Crippen LogP contribution in [0.25, 0.3) is 0 Å². The van der Waals surface area contributed by atoms with E-state index >= 15 is 0 Å². The van der Waals surface area contributed by atoms with Gasteiger partial charge in [0.05, 0.1) is 5.38 Å².